The van der Waals surface area contributed by atoms with Crippen LogP contribution in [-0.4, -0.2) is 47.6 Å². The number of nitrogens with one attached hydrogen (secondary N) is 2. The maximum Gasteiger partial charge on any atom is 0.223 e. The van der Waals surface area contributed by atoms with Crippen molar-refractivity contribution in [3.8, 4) is 0 Å². The minimum atomic E-state index is -0.205. The van der Waals surface area contributed by atoms with Gasteiger partial charge < -0.3 is 15.4 Å². The predicted molar refractivity (Wildman–Crippen MR) is 94.5 cm³/mol. The van der Waals surface area contributed by atoms with Crippen molar-refractivity contribution in [2.45, 2.75) is 59.4 Å². The zero-order valence-electron chi connectivity index (χ0n) is 15.5. The van der Waals surface area contributed by atoms with Crippen LogP contribution >= 0.6 is 0 Å². The lowest BCUT2D eigenvalue weighted by molar-refractivity contribution is -0.133. The van der Waals surface area contributed by atoms with Gasteiger partial charge in [0.15, 0.2) is 0 Å². The average Bonchev–Trinajstić information content (AvgIpc) is 2.61. The lowest BCUT2D eigenvalue weighted by Crippen LogP contribution is -2.48. The molecule has 0 radical (unpaired) electrons. The van der Waals surface area contributed by atoms with Crippen LogP contribution in [0.15, 0.2) is 11.6 Å². The van der Waals surface area contributed by atoms with Crippen LogP contribution in [0.2, 0.25) is 0 Å². The Balaban J connectivity index is 2.65. The van der Waals surface area contributed by atoms with Gasteiger partial charge in [-0.15, -0.1) is 0 Å². The van der Waals surface area contributed by atoms with Crippen LogP contribution in [0.3, 0.4) is 0 Å². The molecule has 1 aliphatic heterocycles. The van der Waals surface area contributed by atoms with Crippen molar-refractivity contribution in [1.29, 1.82) is 0 Å². The summed E-state index contributed by atoms with van der Waals surface area (Å²) in [6, 6.07) is -0.205. The Hall–Kier alpha value is -1.40. The summed E-state index contributed by atoms with van der Waals surface area (Å²) in [6.45, 7) is 9.57. The van der Waals surface area contributed by atoms with Gasteiger partial charge in [0.1, 0.15) is 0 Å². The van der Waals surface area contributed by atoms with Gasteiger partial charge in [0.05, 0.1) is 6.04 Å². The molecule has 2 atom stereocenters. The van der Waals surface area contributed by atoms with Gasteiger partial charge in [-0.1, -0.05) is 25.5 Å². The van der Waals surface area contributed by atoms with Crippen LogP contribution < -0.4 is 10.8 Å². The first-order valence-corrected chi connectivity index (χ1v) is 9.06. The molecule has 0 aromatic carbocycles. The molecule has 0 bridgehead atoms. The molecule has 3 N–H and O–H groups in total. The van der Waals surface area contributed by atoms with Gasteiger partial charge in [-0.25, -0.2) is 5.48 Å². The van der Waals surface area contributed by atoms with Gasteiger partial charge in [-0.3, -0.25) is 9.59 Å². The summed E-state index contributed by atoms with van der Waals surface area (Å²) in [6.07, 6.45) is 5.03. The number of allylic oxidation sites excluding steroid dienone is 1. The van der Waals surface area contributed by atoms with E-state index in [0.717, 1.165) is 37.9 Å². The average molecular weight is 339 g/mol. The molecule has 0 saturated carbocycles. The fraction of sp³-hybridized carbons (Fsp3) is 0.778. The lowest BCUT2D eigenvalue weighted by atomic mass is 9.81. The van der Waals surface area contributed by atoms with E-state index in [4.69, 9.17) is 5.21 Å². The number of rotatable bonds is 8. The van der Waals surface area contributed by atoms with E-state index < -0.39 is 0 Å². The first-order valence-electron chi connectivity index (χ1n) is 9.06. The van der Waals surface area contributed by atoms with Crippen molar-refractivity contribution < 1.29 is 14.8 Å². The normalized spacial score (nSPS) is 19.0. The van der Waals surface area contributed by atoms with Crippen molar-refractivity contribution in [2.24, 2.45) is 11.8 Å². The molecule has 1 aliphatic rings. The van der Waals surface area contributed by atoms with Crippen LogP contribution in [0.25, 0.3) is 0 Å². The molecule has 1 saturated heterocycles. The van der Waals surface area contributed by atoms with Crippen LogP contribution in [0.1, 0.15) is 53.4 Å². The second kappa shape index (κ2) is 10.5. The third kappa shape index (κ3) is 5.60. The molecule has 1 heterocycles. The highest BCUT2D eigenvalue weighted by atomic mass is 16.5. The highest BCUT2D eigenvalue weighted by molar-refractivity contribution is 5.80. The Morgan fingerprint density at radius 2 is 1.92 bits per heavy atom. The Labute approximate surface area is 145 Å². The molecule has 2 amide bonds. The number of hydrogen-bond acceptors (Lipinski definition) is 4. The van der Waals surface area contributed by atoms with E-state index >= 15 is 0 Å². The fourth-order valence-corrected chi connectivity index (χ4v) is 3.40. The third-order valence-electron chi connectivity index (χ3n) is 5.16. The summed E-state index contributed by atoms with van der Waals surface area (Å²) in [4.78, 5) is 26.4. The number of amides is 2. The second-order valence-electron chi connectivity index (χ2n) is 6.54. The number of nitrogens with zero attached hydrogens (tertiary/aromatic N) is 1. The van der Waals surface area contributed by atoms with Gasteiger partial charge in [0.25, 0.3) is 0 Å². The number of carbonyl (C=O) groups is 2. The SMILES string of the molecule is C/C=C(\C)[C@H](CNO)NC(=O)C(CC)C1CCN(C(=O)CC)CC1. The Morgan fingerprint density at radius 3 is 2.38 bits per heavy atom. The predicted octanol–water partition coefficient (Wildman–Crippen LogP) is 2.09. The van der Waals surface area contributed by atoms with Crippen LogP contribution in [0.4, 0.5) is 0 Å². The van der Waals surface area contributed by atoms with Crippen LogP contribution in [0, 0.1) is 11.8 Å². The summed E-state index contributed by atoms with van der Waals surface area (Å²) in [5.74, 6) is 0.502. The molecule has 6 heteroatoms. The molecular formula is C18H33N3O3. The van der Waals surface area contributed by atoms with E-state index in [9.17, 15) is 9.59 Å². The molecule has 0 spiro atoms. The standard InChI is InChI=1S/C18H33N3O3/c1-5-13(4)16(12-19-24)20-18(23)15(6-2)14-8-10-21(11-9-14)17(22)7-3/h5,14-16,19,24H,6-12H2,1-4H3,(H,20,23)/b13-5+/t15?,16-/m0/s1. The second-order valence-corrected chi connectivity index (χ2v) is 6.54. The first-order chi connectivity index (χ1) is 11.5. The Bertz CT molecular complexity index is 443. The number of carbonyl (C=O) groups excluding carboxylic acids is 2. The molecule has 1 rings (SSSR count). The van der Waals surface area contributed by atoms with Gasteiger partial charge in [0, 0.05) is 32.0 Å². The Morgan fingerprint density at radius 1 is 1.29 bits per heavy atom. The molecule has 0 aliphatic carbocycles. The number of hydroxylamine groups is 1. The minimum Gasteiger partial charge on any atom is -0.348 e. The topological polar surface area (TPSA) is 81.7 Å². The number of likely N-dealkylation sites (tertiary alicyclic amines) is 1. The summed E-state index contributed by atoms with van der Waals surface area (Å²) in [7, 11) is 0. The monoisotopic (exact) mass is 339 g/mol. The van der Waals surface area contributed by atoms with Gasteiger partial charge in [-0.05, 0) is 39.0 Å². The largest absolute Gasteiger partial charge is 0.348 e. The summed E-state index contributed by atoms with van der Waals surface area (Å²) >= 11 is 0. The van der Waals surface area contributed by atoms with Crippen LogP contribution in [-0.2, 0) is 9.59 Å². The van der Waals surface area contributed by atoms with Crippen LogP contribution in [0.5, 0.6) is 0 Å². The molecule has 0 aromatic heterocycles. The Kier molecular flexibility index (Phi) is 9.00. The first kappa shape index (κ1) is 20.6. The minimum absolute atomic E-state index is 0.0409. The lowest BCUT2D eigenvalue weighted by Gasteiger charge is -2.35. The van der Waals surface area contributed by atoms with Crippen molar-refractivity contribution in [3.05, 3.63) is 11.6 Å². The quantitative estimate of drug-likeness (QED) is 0.467. The smallest absolute Gasteiger partial charge is 0.223 e. The molecule has 1 unspecified atom stereocenters. The van der Waals surface area contributed by atoms with E-state index in [2.05, 4.69) is 10.8 Å². The van der Waals surface area contributed by atoms with E-state index in [1.165, 1.54) is 0 Å². The van der Waals surface area contributed by atoms with Crippen molar-refractivity contribution in [3.63, 3.8) is 0 Å². The maximum atomic E-state index is 12.7. The fourth-order valence-electron chi connectivity index (χ4n) is 3.40. The molecular weight excluding hydrogens is 306 g/mol. The highest BCUT2D eigenvalue weighted by Crippen LogP contribution is 2.28. The van der Waals surface area contributed by atoms with E-state index in [0.29, 0.717) is 18.9 Å². The molecule has 0 aromatic rings. The van der Waals surface area contributed by atoms with Crippen molar-refractivity contribution in [2.75, 3.05) is 19.6 Å². The zero-order valence-corrected chi connectivity index (χ0v) is 15.5. The molecule has 24 heavy (non-hydrogen) atoms. The highest BCUT2D eigenvalue weighted by Gasteiger charge is 2.32. The van der Waals surface area contributed by atoms with Crippen molar-refractivity contribution >= 4 is 11.8 Å². The maximum absolute atomic E-state index is 12.7. The van der Waals surface area contributed by atoms with Gasteiger partial charge >= 0.3 is 0 Å². The molecule has 1 fully saturated rings. The summed E-state index contributed by atoms with van der Waals surface area (Å²) in [5.41, 5.74) is 3.17. The molecule has 6 nitrogen and oxygen atoms in total. The third-order valence-corrected chi connectivity index (χ3v) is 5.16. The zero-order chi connectivity index (χ0) is 18.1. The van der Waals surface area contributed by atoms with Gasteiger partial charge in [0.2, 0.25) is 11.8 Å². The summed E-state index contributed by atoms with van der Waals surface area (Å²) < 4.78 is 0. The number of hydrogen-bond donors (Lipinski definition) is 3. The van der Waals surface area contributed by atoms with E-state index in [1.807, 2.05) is 38.7 Å². The van der Waals surface area contributed by atoms with E-state index in [1.54, 1.807) is 0 Å². The van der Waals surface area contributed by atoms with Gasteiger partial charge in [-0.2, -0.15) is 0 Å². The number of piperidine rings is 1. The summed E-state index contributed by atoms with van der Waals surface area (Å²) in [5, 5.41) is 12.0. The molecule has 138 valence electrons. The van der Waals surface area contributed by atoms with Crippen molar-refractivity contribution in [1.82, 2.24) is 15.7 Å². The van der Waals surface area contributed by atoms with E-state index in [-0.39, 0.29) is 23.8 Å².